The highest BCUT2D eigenvalue weighted by Crippen LogP contribution is 2.35. The van der Waals surface area contributed by atoms with Gasteiger partial charge < -0.3 is 19.1 Å². The van der Waals surface area contributed by atoms with E-state index in [2.05, 4.69) is 4.90 Å². The first-order chi connectivity index (χ1) is 14.9. The number of fused-ring (bicyclic) bond motifs is 2. The fourth-order valence-corrected chi connectivity index (χ4v) is 4.65. The molecule has 0 saturated carbocycles. The van der Waals surface area contributed by atoms with Crippen molar-refractivity contribution in [3.05, 3.63) is 23.0 Å². The zero-order valence-corrected chi connectivity index (χ0v) is 18.6. The maximum atomic E-state index is 12.9. The lowest BCUT2D eigenvalue weighted by Crippen LogP contribution is -2.42. The number of morpholine rings is 1. The molecule has 1 unspecified atom stereocenters. The number of ether oxygens (including phenoxy) is 3. The Labute approximate surface area is 182 Å². The van der Waals surface area contributed by atoms with Gasteiger partial charge in [0.15, 0.2) is 5.65 Å². The molecule has 9 heteroatoms. The molecule has 0 bridgehead atoms. The number of carbonyl (C=O) groups excluding carboxylic acids is 1. The normalized spacial score (nSPS) is 22.1. The number of rotatable bonds is 2. The van der Waals surface area contributed by atoms with E-state index in [0.717, 1.165) is 60.8 Å². The Bertz CT molecular complexity index is 976. The molecule has 2 saturated heterocycles. The smallest absolute Gasteiger partial charge is 0.410 e. The standard InChI is InChI=1S/C22H31N5O4/c1-22(2,3)31-21(28)26-7-5-4-6-18(26)16-12-19-23-17-14-30-13-15(17)20(27(19)24-16)25-8-10-29-11-9-25/h12,18H,4-11,13-14H2,1-3H3. The summed E-state index contributed by atoms with van der Waals surface area (Å²) in [4.78, 5) is 21.9. The highest BCUT2D eigenvalue weighted by atomic mass is 16.6. The molecule has 9 nitrogen and oxygen atoms in total. The van der Waals surface area contributed by atoms with Crippen molar-refractivity contribution in [1.82, 2.24) is 19.5 Å². The van der Waals surface area contributed by atoms with Crippen molar-refractivity contribution >= 4 is 17.6 Å². The first-order valence-electron chi connectivity index (χ1n) is 11.2. The number of piperidine rings is 1. The van der Waals surface area contributed by atoms with Crippen LogP contribution >= 0.6 is 0 Å². The van der Waals surface area contributed by atoms with Gasteiger partial charge in [-0.2, -0.15) is 9.61 Å². The summed E-state index contributed by atoms with van der Waals surface area (Å²) in [5.41, 5.74) is 3.24. The molecule has 5 rings (SSSR count). The summed E-state index contributed by atoms with van der Waals surface area (Å²) in [6.45, 7) is 10.5. The van der Waals surface area contributed by atoms with Gasteiger partial charge in [-0.25, -0.2) is 9.78 Å². The fraction of sp³-hybridized carbons (Fsp3) is 0.682. The number of amides is 1. The zero-order chi connectivity index (χ0) is 21.6. The van der Waals surface area contributed by atoms with Gasteiger partial charge in [-0.1, -0.05) is 0 Å². The topological polar surface area (TPSA) is 81.4 Å². The van der Waals surface area contributed by atoms with Gasteiger partial charge in [-0.3, -0.25) is 4.90 Å². The second-order valence-electron chi connectivity index (χ2n) is 9.48. The monoisotopic (exact) mass is 429 g/mol. The second kappa shape index (κ2) is 7.94. The number of aromatic nitrogens is 3. The zero-order valence-electron chi connectivity index (χ0n) is 18.6. The van der Waals surface area contributed by atoms with Gasteiger partial charge >= 0.3 is 6.09 Å². The Morgan fingerprint density at radius 3 is 2.71 bits per heavy atom. The molecule has 0 aliphatic carbocycles. The third-order valence-corrected chi connectivity index (χ3v) is 6.05. The van der Waals surface area contributed by atoms with Gasteiger partial charge in [0.2, 0.25) is 0 Å². The van der Waals surface area contributed by atoms with E-state index in [1.807, 2.05) is 36.3 Å². The van der Waals surface area contributed by atoms with Crippen LogP contribution in [-0.4, -0.2) is 64.0 Å². The van der Waals surface area contributed by atoms with E-state index in [0.29, 0.717) is 33.0 Å². The molecule has 31 heavy (non-hydrogen) atoms. The van der Waals surface area contributed by atoms with Crippen LogP contribution in [0.5, 0.6) is 0 Å². The maximum Gasteiger partial charge on any atom is 0.410 e. The molecule has 0 radical (unpaired) electrons. The number of hydrogen-bond acceptors (Lipinski definition) is 7. The lowest BCUT2D eigenvalue weighted by Gasteiger charge is -2.35. The van der Waals surface area contributed by atoms with Crippen LogP contribution in [0.2, 0.25) is 0 Å². The van der Waals surface area contributed by atoms with Crippen molar-refractivity contribution in [2.75, 3.05) is 37.7 Å². The van der Waals surface area contributed by atoms with Gasteiger partial charge in [0.1, 0.15) is 11.4 Å². The first kappa shape index (κ1) is 20.5. The van der Waals surface area contributed by atoms with Crippen molar-refractivity contribution in [2.24, 2.45) is 0 Å². The van der Waals surface area contributed by atoms with E-state index in [1.54, 1.807) is 0 Å². The molecule has 5 heterocycles. The molecule has 2 fully saturated rings. The van der Waals surface area contributed by atoms with Gasteiger partial charge in [0.05, 0.1) is 43.9 Å². The third kappa shape index (κ3) is 3.96. The minimum atomic E-state index is -0.524. The second-order valence-corrected chi connectivity index (χ2v) is 9.48. The molecule has 1 atom stereocenters. The number of hydrogen-bond donors (Lipinski definition) is 0. The van der Waals surface area contributed by atoms with Crippen LogP contribution in [0, 0.1) is 0 Å². The Hall–Kier alpha value is -2.39. The average molecular weight is 430 g/mol. The molecular formula is C22H31N5O4. The van der Waals surface area contributed by atoms with Crippen molar-refractivity contribution in [3.8, 4) is 0 Å². The van der Waals surface area contributed by atoms with Crippen molar-refractivity contribution in [1.29, 1.82) is 0 Å². The summed E-state index contributed by atoms with van der Waals surface area (Å²) in [7, 11) is 0. The van der Waals surface area contributed by atoms with E-state index >= 15 is 0 Å². The van der Waals surface area contributed by atoms with Crippen LogP contribution in [-0.2, 0) is 27.4 Å². The van der Waals surface area contributed by atoms with Gasteiger partial charge in [0, 0.05) is 31.3 Å². The number of carbonyl (C=O) groups is 1. The Kier molecular flexibility index (Phi) is 5.26. The summed E-state index contributed by atoms with van der Waals surface area (Å²) in [6.07, 6.45) is 2.64. The van der Waals surface area contributed by atoms with Crippen LogP contribution in [0.15, 0.2) is 6.07 Å². The van der Waals surface area contributed by atoms with Gasteiger partial charge in [-0.15, -0.1) is 0 Å². The fourth-order valence-electron chi connectivity index (χ4n) is 4.65. The third-order valence-electron chi connectivity index (χ3n) is 6.05. The first-order valence-corrected chi connectivity index (χ1v) is 11.2. The number of nitrogens with zero attached hydrogens (tertiary/aromatic N) is 5. The van der Waals surface area contributed by atoms with E-state index in [9.17, 15) is 4.79 Å². The van der Waals surface area contributed by atoms with E-state index in [1.165, 1.54) is 0 Å². The Morgan fingerprint density at radius 1 is 1.13 bits per heavy atom. The predicted octanol–water partition coefficient (Wildman–Crippen LogP) is 3.06. The molecular weight excluding hydrogens is 398 g/mol. The van der Waals surface area contributed by atoms with Gasteiger partial charge in [-0.05, 0) is 40.0 Å². The van der Waals surface area contributed by atoms with Crippen molar-refractivity contribution in [3.63, 3.8) is 0 Å². The molecule has 0 N–H and O–H groups in total. The van der Waals surface area contributed by atoms with Crippen LogP contribution in [0.25, 0.3) is 5.65 Å². The van der Waals surface area contributed by atoms with Crippen LogP contribution in [0.3, 0.4) is 0 Å². The summed E-state index contributed by atoms with van der Waals surface area (Å²) in [5.74, 6) is 1.05. The lowest BCUT2D eigenvalue weighted by molar-refractivity contribution is 0.00897. The van der Waals surface area contributed by atoms with Crippen LogP contribution in [0.4, 0.5) is 10.6 Å². The highest BCUT2D eigenvalue weighted by molar-refractivity contribution is 5.69. The molecule has 2 aromatic heterocycles. The minimum Gasteiger partial charge on any atom is -0.444 e. The summed E-state index contributed by atoms with van der Waals surface area (Å²) >= 11 is 0. The number of anilines is 1. The average Bonchev–Trinajstić information content (AvgIpc) is 3.37. The van der Waals surface area contributed by atoms with Crippen molar-refractivity contribution < 1.29 is 19.0 Å². The van der Waals surface area contributed by atoms with Crippen LogP contribution < -0.4 is 4.90 Å². The quantitative estimate of drug-likeness (QED) is 0.726. The maximum absolute atomic E-state index is 12.9. The summed E-state index contributed by atoms with van der Waals surface area (Å²) in [6, 6.07) is 1.92. The molecule has 168 valence electrons. The van der Waals surface area contributed by atoms with E-state index < -0.39 is 5.60 Å². The molecule has 3 aliphatic rings. The minimum absolute atomic E-state index is 0.103. The van der Waals surface area contributed by atoms with Gasteiger partial charge in [0.25, 0.3) is 0 Å². The molecule has 0 spiro atoms. The Morgan fingerprint density at radius 2 is 1.94 bits per heavy atom. The van der Waals surface area contributed by atoms with E-state index in [-0.39, 0.29) is 12.1 Å². The van der Waals surface area contributed by atoms with E-state index in [4.69, 9.17) is 24.3 Å². The molecule has 1 amide bonds. The lowest BCUT2D eigenvalue weighted by atomic mass is 10.00. The van der Waals surface area contributed by atoms with Crippen LogP contribution in [0.1, 0.15) is 63.0 Å². The predicted molar refractivity (Wildman–Crippen MR) is 114 cm³/mol. The Balaban J connectivity index is 1.54. The molecule has 0 aromatic carbocycles. The summed E-state index contributed by atoms with van der Waals surface area (Å²) in [5, 5.41) is 4.98. The molecule has 2 aromatic rings. The highest BCUT2D eigenvalue weighted by Gasteiger charge is 2.34. The largest absolute Gasteiger partial charge is 0.444 e. The summed E-state index contributed by atoms with van der Waals surface area (Å²) < 4.78 is 18.9. The SMILES string of the molecule is CC(C)(C)OC(=O)N1CCCCC1c1cc2nc3c(c(N4CCOCC4)n2n1)COC3. The molecule has 3 aliphatic heterocycles. The van der Waals surface area contributed by atoms with Crippen molar-refractivity contribution in [2.45, 2.75) is 64.9 Å². The number of likely N-dealkylation sites (tertiary alicyclic amines) is 1.